The predicted octanol–water partition coefficient (Wildman–Crippen LogP) is 4.98. The number of carbonyl (C=O) groups is 1. The number of nitrogens with one attached hydrogen (secondary N) is 2. The van der Waals surface area contributed by atoms with E-state index in [0.717, 1.165) is 37.2 Å². The highest BCUT2D eigenvalue weighted by molar-refractivity contribution is 8.00. The average Bonchev–Trinajstić information content (AvgIpc) is 3.49. The molecule has 4 aromatic rings. The fourth-order valence-electron chi connectivity index (χ4n) is 2.53. The van der Waals surface area contributed by atoms with Gasteiger partial charge in [0.15, 0.2) is 4.34 Å². The van der Waals surface area contributed by atoms with E-state index < -0.39 is 0 Å². The number of benzene rings is 1. The molecule has 0 unspecified atom stereocenters. The van der Waals surface area contributed by atoms with Crippen molar-refractivity contribution < 1.29 is 9.21 Å². The van der Waals surface area contributed by atoms with Crippen LogP contribution in [0.5, 0.6) is 0 Å². The molecule has 30 heavy (non-hydrogen) atoms. The van der Waals surface area contributed by atoms with Gasteiger partial charge in [-0.15, -0.1) is 21.5 Å². The minimum absolute atomic E-state index is 0.0659. The standard InChI is InChI=1S/C20H19N5O2S3/c1-13-4-6-14(7-5-13)22-17(26)9-18-23-15(11-28-18)12-29-20-25-24-19(30-20)21-10-16-3-2-8-27-16/h2-8,11H,9-10,12H2,1H3,(H,21,24)(H,22,26). The van der Waals surface area contributed by atoms with Gasteiger partial charge in [0.2, 0.25) is 11.0 Å². The highest BCUT2D eigenvalue weighted by Crippen LogP contribution is 2.29. The van der Waals surface area contributed by atoms with Crippen LogP contribution in [0.3, 0.4) is 0 Å². The summed E-state index contributed by atoms with van der Waals surface area (Å²) in [5, 5.41) is 18.0. The molecule has 10 heteroatoms. The van der Waals surface area contributed by atoms with Crippen LogP contribution in [0.25, 0.3) is 0 Å². The first-order valence-electron chi connectivity index (χ1n) is 9.16. The smallest absolute Gasteiger partial charge is 0.231 e. The second-order valence-electron chi connectivity index (χ2n) is 6.42. The number of carbonyl (C=O) groups excluding carboxylic acids is 1. The number of rotatable bonds is 9. The first-order valence-corrected chi connectivity index (χ1v) is 11.8. The number of nitrogens with zero attached hydrogens (tertiary/aromatic N) is 3. The third kappa shape index (κ3) is 5.91. The molecule has 4 rings (SSSR count). The number of anilines is 2. The lowest BCUT2D eigenvalue weighted by Gasteiger charge is -2.04. The number of thioether (sulfide) groups is 1. The number of hydrogen-bond acceptors (Lipinski definition) is 9. The van der Waals surface area contributed by atoms with Crippen LogP contribution in [0.15, 0.2) is 56.8 Å². The maximum absolute atomic E-state index is 12.2. The molecule has 0 spiro atoms. The molecular formula is C20H19N5O2S3. The number of amides is 1. The Kier molecular flexibility index (Phi) is 6.77. The highest BCUT2D eigenvalue weighted by Gasteiger charge is 2.11. The van der Waals surface area contributed by atoms with E-state index in [1.165, 1.54) is 22.7 Å². The van der Waals surface area contributed by atoms with E-state index in [2.05, 4.69) is 25.8 Å². The van der Waals surface area contributed by atoms with Gasteiger partial charge >= 0.3 is 0 Å². The van der Waals surface area contributed by atoms with Gasteiger partial charge in [0.05, 0.1) is 24.9 Å². The number of aromatic nitrogens is 3. The predicted molar refractivity (Wildman–Crippen MR) is 121 cm³/mol. The lowest BCUT2D eigenvalue weighted by Crippen LogP contribution is -2.14. The maximum Gasteiger partial charge on any atom is 0.231 e. The second kappa shape index (κ2) is 9.88. The molecule has 3 aromatic heterocycles. The largest absolute Gasteiger partial charge is 0.467 e. The topological polar surface area (TPSA) is 92.9 Å². The lowest BCUT2D eigenvalue weighted by molar-refractivity contribution is -0.115. The molecule has 3 heterocycles. The summed E-state index contributed by atoms with van der Waals surface area (Å²) in [5.41, 5.74) is 2.89. The zero-order valence-electron chi connectivity index (χ0n) is 16.1. The fraction of sp³-hybridized carbons (Fsp3) is 0.200. The SMILES string of the molecule is Cc1ccc(NC(=O)Cc2nc(CSc3nnc(NCc4ccco4)s3)cs2)cc1. The molecule has 1 amide bonds. The van der Waals surface area contributed by atoms with Crippen molar-refractivity contribution in [2.24, 2.45) is 0 Å². The quantitative estimate of drug-likeness (QED) is 0.342. The van der Waals surface area contributed by atoms with Gasteiger partial charge in [-0.25, -0.2) is 4.98 Å². The van der Waals surface area contributed by atoms with Crippen LogP contribution >= 0.6 is 34.4 Å². The minimum Gasteiger partial charge on any atom is -0.467 e. The Morgan fingerprint density at radius 2 is 2.07 bits per heavy atom. The van der Waals surface area contributed by atoms with Gasteiger partial charge in [0.25, 0.3) is 0 Å². The molecule has 0 atom stereocenters. The van der Waals surface area contributed by atoms with Crippen molar-refractivity contribution in [2.45, 2.75) is 30.0 Å². The Balaban J connectivity index is 1.23. The molecule has 0 aliphatic carbocycles. The minimum atomic E-state index is -0.0659. The van der Waals surface area contributed by atoms with E-state index in [1.54, 1.807) is 18.0 Å². The van der Waals surface area contributed by atoms with Crippen molar-refractivity contribution in [1.29, 1.82) is 0 Å². The molecular weight excluding hydrogens is 438 g/mol. The average molecular weight is 458 g/mol. The summed E-state index contributed by atoms with van der Waals surface area (Å²) in [5.74, 6) is 1.47. The van der Waals surface area contributed by atoms with Crippen molar-refractivity contribution >= 4 is 51.2 Å². The fourth-order valence-corrected chi connectivity index (χ4v) is 5.07. The van der Waals surface area contributed by atoms with Gasteiger partial charge in [0, 0.05) is 16.8 Å². The van der Waals surface area contributed by atoms with Crippen LogP contribution in [-0.4, -0.2) is 21.1 Å². The number of aryl methyl sites for hydroxylation is 1. The number of thiazole rings is 1. The number of furan rings is 1. The summed E-state index contributed by atoms with van der Waals surface area (Å²) in [7, 11) is 0. The van der Waals surface area contributed by atoms with E-state index >= 15 is 0 Å². The van der Waals surface area contributed by atoms with Crippen molar-refractivity contribution in [2.75, 3.05) is 10.6 Å². The first-order chi connectivity index (χ1) is 14.6. The van der Waals surface area contributed by atoms with Crippen LogP contribution in [-0.2, 0) is 23.5 Å². The Morgan fingerprint density at radius 1 is 1.20 bits per heavy atom. The maximum atomic E-state index is 12.2. The molecule has 2 N–H and O–H groups in total. The van der Waals surface area contributed by atoms with Gasteiger partial charge in [-0.3, -0.25) is 4.79 Å². The normalized spacial score (nSPS) is 10.8. The Bertz CT molecular complexity index is 1090. The van der Waals surface area contributed by atoms with Crippen molar-refractivity contribution in [3.05, 3.63) is 70.1 Å². The van der Waals surface area contributed by atoms with E-state index in [0.29, 0.717) is 12.3 Å². The Morgan fingerprint density at radius 3 is 2.87 bits per heavy atom. The van der Waals surface area contributed by atoms with Gasteiger partial charge in [-0.05, 0) is 31.2 Å². The molecule has 0 bridgehead atoms. The van der Waals surface area contributed by atoms with E-state index in [4.69, 9.17) is 4.42 Å². The third-order valence-corrected chi connectivity index (χ3v) is 6.94. The summed E-state index contributed by atoms with van der Waals surface area (Å²) >= 11 is 4.57. The highest BCUT2D eigenvalue weighted by atomic mass is 32.2. The zero-order valence-corrected chi connectivity index (χ0v) is 18.6. The van der Waals surface area contributed by atoms with Crippen molar-refractivity contribution in [3.8, 4) is 0 Å². The van der Waals surface area contributed by atoms with Gasteiger partial charge in [-0.1, -0.05) is 40.8 Å². The van der Waals surface area contributed by atoms with Crippen LogP contribution in [0.2, 0.25) is 0 Å². The first kappa shape index (κ1) is 20.6. The molecule has 0 fully saturated rings. The van der Waals surface area contributed by atoms with Gasteiger partial charge in [-0.2, -0.15) is 0 Å². The molecule has 0 aliphatic heterocycles. The summed E-state index contributed by atoms with van der Waals surface area (Å²) in [6.45, 7) is 2.59. The molecule has 1 aromatic carbocycles. The Labute approximate surface area is 186 Å². The van der Waals surface area contributed by atoms with E-state index in [-0.39, 0.29) is 12.3 Å². The van der Waals surface area contributed by atoms with Crippen molar-refractivity contribution in [3.63, 3.8) is 0 Å². The van der Waals surface area contributed by atoms with E-state index in [9.17, 15) is 4.79 Å². The third-order valence-electron chi connectivity index (χ3n) is 3.99. The lowest BCUT2D eigenvalue weighted by atomic mass is 10.2. The molecule has 0 saturated heterocycles. The monoisotopic (exact) mass is 457 g/mol. The van der Waals surface area contributed by atoms with Crippen LogP contribution in [0.1, 0.15) is 22.0 Å². The van der Waals surface area contributed by atoms with E-state index in [1.807, 2.05) is 48.7 Å². The zero-order chi connectivity index (χ0) is 20.8. The van der Waals surface area contributed by atoms with Gasteiger partial charge < -0.3 is 15.1 Å². The number of hydrogen-bond donors (Lipinski definition) is 2. The van der Waals surface area contributed by atoms with Crippen LogP contribution in [0, 0.1) is 6.92 Å². The molecule has 0 aliphatic rings. The second-order valence-corrected chi connectivity index (χ2v) is 9.56. The molecule has 0 radical (unpaired) electrons. The summed E-state index contributed by atoms with van der Waals surface area (Å²) in [6, 6.07) is 11.5. The summed E-state index contributed by atoms with van der Waals surface area (Å²) < 4.78 is 6.15. The van der Waals surface area contributed by atoms with Crippen molar-refractivity contribution in [1.82, 2.24) is 15.2 Å². The molecule has 154 valence electrons. The van der Waals surface area contributed by atoms with Gasteiger partial charge in [0.1, 0.15) is 10.8 Å². The molecule has 7 nitrogen and oxygen atoms in total. The summed E-state index contributed by atoms with van der Waals surface area (Å²) in [4.78, 5) is 16.8. The van der Waals surface area contributed by atoms with Crippen LogP contribution < -0.4 is 10.6 Å². The van der Waals surface area contributed by atoms with Crippen LogP contribution in [0.4, 0.5) is 10.8 Å². The summed E-state index contributed by atoms with van der Waals surface area (Å²) in [6.07, 6.45) is 1.91. The molecule has 0 saturated carbocycles. The Hall–Kier alpha value is -2.69.